The molecule has 0 bridgehead atoms. The molecule has 7 nitrogen and oxygen atoms in total. The topological polar surface area (TPSA) is 103 Å². The van der Waals surface area contributed by atoms with Crippen molar-refractivity contribution < 1.29 is 19.1 Å². The fourth-order valence-corrected chi connectivity index (χ4v) is 1.71. The average molecular weight is 293 g/mol. The molecule has 114 valence electrons. The van der Waals surface area contributed by atoms with Crippen LogP contribution < -0.4 is 25.8 Å². The molecule has 0 spiro atoms. The number of benzene rings is 1. The van der Waals surface area contributed by atoms with E-state index in [0.717, 1.165) is 0 Å². The van der Waals surface area contributed by atoms with Crippen molar-refractivity contribution in [2.45, 2.75) is 19.4 Å². The number of nitrogens with two attached hydrogens (primary N) is 1. The monoisotopic (exact) mass is 293 g/mol. The standard InChI is InChI=1S/C14H19N3O4/c1-14(2,13(15)19)16-8-12(18)17-9-3-4-10-11(7-9)21-6-5-20-10/h3-4,7,16H,5-6,8H2,1-2H3,(H2,15,19)(H,17,18). The summed E-state index contributed by atoms with van der Waals surface area (Å²) in [4.78, 5) is 23.0. The predicted molar refractivity (Wildman–Crippen MR) is 77.3 cm³/mol. The van der Waals surface area contributed by atoms with Gasteiger partial charge in [0.1, 0.15) is 13.2 Å². The van der Waals surface area contributed by atoms with Crippen LogP contribution in [-0.2, 0) is 9.59 Å². The highest BCUT2D eigenvalue weighted by Crippen LogP contribution is 2.32. The Hall–Kier alpha value is -2.28. The lowest BCUT2D eigenvalue weighted by atomic mass is 10.1. The lowest BCUT2D eigenvalue weighted by Gasteiger charge is -2.22. The molecule has 2 rings (SSSR count). The van der Waals surface area contributed by atoms with E-state index in [1.165, 1.54) is 0 Å². The van der Waals surface area contributed by atoms with Crippen molar-refractivity contribution in [1.82, 2.24) is 5.32 Å². The molecule has 0 unspecified atom stereocenters. The summed E-state index contributed by atoms with van der Waals surface area (Å²) in [7, 11) is 0. The number of carbonyl (C=O) groups is 2. The minimum Gasteiger partial charge on any atom is -0.486 e. The van der Waals surface area contributed by atoms with E-state index in [4.69, 9.17) is 15.2 Å². The maximum atomic E-state index is 11.9. The maximum Gasteiger partial charge on any atom is 0.238 e. The second-order valence-electron chi connectivity index (χ2n) is 5.25. The van der Waals surface area contributed by atoms with Crippen molar-refractivity contribution in [3.63, 3.8) is 0 Å². The van der Waals surface area contributed by atoms with Crippen LogP contribution in [-0.4, -0.2) is 37.1 Å². The predicted octanol–water partition coefficient (Wildman–Crippen LogP) is 0.250. The summed E-state index contributed by atoms with van der Waals surface area (Å²) in [5.41, 5.74) is 4.88. The van der Waals surface area contributed by atoms with Crippen molar-refractivity contribution in [2.75, 3.05) is 25.1 Å². The van der Waals surface area contributed by atoms with Crippen LogP contribution >= 0.6 is 0 Å². The van der Waals surface area contributed by atoms with E-state index in [2.05, 4.69) is 10.6 Å². The molecule has 0 atom stereocenters. The second-order valence-corrected chi connectivity index (χ2v) is 5.25. The molecule has 0 aromatic heterocycles. The maximum absolute atomic E-state index is 11.9. The average Bonchev–Trinajstić information content (AvgIpc) is 2.45. The number of hydrogen-bond donors (Lipinski definition) is 3. The molecule has 7 heteroatoms. The van der Waals surface area contributed by atoms with Gasteiger partial charge < -0.3 is 20.5 Å². The highest BCUT2D eigenvalue weighted by molar-refractivity contribution is 5.93. The Labute approximate surface area is 122 Å². The molecule has 0 radical (unpaired) electrons. The van der Waals surface area contributed by atoms with Gasteiger partial charge in [-0.05, 0) is 26.0 Å². The van der Waals surface area contributed by atoms with Gasteiger partial charge in [0.2, 0.25) is 11.8 Å². The number of nitrogens with one attached hydrogen (secondary N) is 2. The molecule has 1 aromatic carbocycles. The molecule has 1 aliphatic heterocycles. The second kappa shape index (κ2) is 6.01. The van der Waals surface area contributed by atoms with Gasteiger partial charge in [0.15, 0.2) is 11.5 Å². The van der Waals surface area contributed by atoms with Crippen molar-refractivity contribution in [3.8, 4) is 11.5 Å². The molecule has 21 heavy (non-hydrogen) atoms. The number of carbonyl (C=O) groups excluding carboxylic acids is 2. The SMILES string of the molecule is CC(C)(NCC(=O)Nc1ccc2c(c1)OCCO2)C(N)=O. The Balaban J connectivity index is 1.92. The highest BCUT2D eigenvalue weighted by Gasteiger charge is 2.24. The van der Waals surface area contributed by atoms with E-state index in [-0.39, 0.29) is 12.5 Å². The number of rotatable bonds is 5. The van der Waals surface area contributed by atoms with E-state index < -0.39 is 11.4 Å². The zero-order valence-electron chi connectivity index (χ0n) is 12.1. The first-order valence-electron chi connectivity index (χ1n) is 6.63. The van der Waals surface area contributed by atoms with Gasteiger partial charge in [-0.25, -0.2) is 0 Å². The molecule has 4 N–H and O–H groups in total. The summed E-state index contributed by atoms with van der Waals surface area (Å²) in [5, 5.41) is 5.51. The Morgan fingerprint density at radius 2 is 1.90 bits per heavy atom. The van der Waals surface area contributed by atoms with Crippen LogP contribution in [0.3, 0.4) is 0 Å². The summed E-state index contributed by atoms with van der Waals surface area (Å²) in [6.07, 6.45) is 0. The summed E-state index contributed by atoms with van der Waals surface area (Å²) in [6.45, 7) is 4.22. The number of ether oxygens (including phenoxy) is 2. The number of hydrogen-bond acceptors (Lipinski definition) is 5. The third kappa shape index (κ3) is 3.85. The van der Waals surface area contributed by atoms with Crippen molar-refractivity contribution in [3.05, 3.63) is 18.2 Å². The third-order valence-electron chi connectivity index (χ3n) is 3.13. The van der Waals surface area contributed by atoms with Crippen LogP contribution in [0.15, 0.2) is 18.2 Å². The van der Waals surface area contributed by atoms with Gasteiger partial charge in [0.05, 0.1) is 12.1 Å². The van der Waals surface area contributed by atoms with E-state index in [9.17, 15) is 9.59 Å². The highest BCUT2D eigenvalue weighted by atomic mass is 16.6. The van der Waals surface area contributed by atoms with Gasteiger partial charge in [0.25, 0.3) is 0 Å². The first-order chi connectivity index (χ1) is 9.88. The number of fused-ring (bicyclic) bond motifs is 1. The summed E-state index contributed by atoms with van der Waals surface area (Å²) >= 11 is 0. The normalized spacial score (nSPS) is 13.6. The summed E-state index contributed by atoms with van der Waals surface area (Å²) in [5.74, 6) is 0.465. The van der Waals surface area contributed by atoms with E-state index >= 15 is 0 Å². The van der Waals surface area contributed by atoms with Crippen LogP contribution in [0.5, 0.6) is 11.5 Å². The zero-order valence-corrected chi connectivity index (χ0v) is 12.1. The van der Waals surface area contributed by atoms with Gasteiger partial charge in [-0.2, -0.15) is 0 Å². The van der Waals surface area contributed by atoms with Crippen LogP contribution in [0, 0.1) is 0 Å². The molecule has 1 aliphatic rings. The van der Waals surface area contributed by atoms with Gasteiger partial charge in [-0.15, -0.1) is 0 Å². The van der Waals surface area contributed by atoms with Crippen molar-refractivity contribution in [1.29, 1.82) is 0 Å². The van der Waals surface area contributed by atoms with Crippen LogP contribution in [0.1, 0.15) is 13.8 Å². The summed E-state index contributed by atoms with van der Waals surface area (Å²) in [6, 6.07) is 5.17. The number of primary amides is 1. The Bertz CT molecular complexity index is 557. The number of amides is 2. The fraction of sp³-hybridized carbons (Fsp3) is 0.429. The first kappa shape index (κ1) is 15.1. The Morgan fingerprint density at radius 1 is 1.24 bits per heavy atom. The minimum atomic E-state index is -0.940. The van der Waals surface area contributed by atoms with Crippen LogP contribution in [0.4, 0.5) is 5.69 Å². The van der Waals surface area contributed by atoms with E-state index in [1.54, 1.807) is 32.0 Å². The third-order valence-corrected chi connectivity index (χ3v) is 3.13. The van der Waals surface area contributed by atoms with Crippen LogP contribution in [0.2, 0.25) is 0 Å². The van der Waals surface area contributed by atoms with E-state index in [0.29, 0.717) is 30.4 Å². The van der Waals surface area contributed by atoms with E-state index in [1.807, 2.05) is 0 Å². The molecule has 2 amide bonds. The van der Waals surface area contributed by atoms with Crippen molar-refractivity contribution >= 4 is 17.5 Å². The Kier molecular flexibility index (Phi) is 4.32. The zero-order chi connectivity index (χ0) is 15.5. The molecule has 0 saturated carbocycles. The number of anilines is 1. The lowest BCUT2D eigenvalue weighted by Crippen LogP contribution is -2.52. The fourth-order valence-electron chi connectivity index (χ4n) is 1.71. The van der Waals surface area contributed by atoms with Gasteiger partial charge in [0, 0.05) is 11.8 Å². The molecule has 1 heterocycles. The first-order valence-corrected chi connectivity index (χ1v) is 6.63. The van der Waals surface area contributed by atoms with Crippen molar-refractivity contribution in [2.24, 2.45) is 5.73 Å². The molecular weight excluding hydrogens is 274 g/mol. The quantitative estimate of drug-likeness (QED) is 0.722. The molecule has 0 saturated heterocycles. The Morgan fingerprint density at radius 3 is 2.57 bits per heavy atom. The molecule has 1 aromatic rings. The largest absolute Gasteiger partial charge is 0.486 e. The minimum absolute atomic E-state index is 0.0234. The molecule has 0 aliphatic carbocycles. The summed E-state index contributed by atoms with van der Waals surface area (Å²) < 4.78 is 10.8. The lowest BCUT2D eigenvalue weighted by molar-refractivity contribution is -0.123. The van der Waals surface area contributed by atoms with Gasteiger partial charge >= 0.3 is 0 Å². The molecular formula is C14H19N3O4. The molecule has 0 fully saturated rings. The van der Waals surface area contributed by atoms with Crippen LogP contribution in [0.25, 0.3) is 0 Å². The van der Waals surface area contributed by atoms with Gasteiger partial charge in [-0.1, -0.05) is 0 Å². The van der Waals surface area contributed by atoms with Gasteiger partial charge in [-0.3, -0.25) is 14.9 Å². The smallest absolute Gasteiger partial charge is 0.238 e.